The lowest BCUT2D eigenvalue weighted by molar-refractivity contribution is 0.154. The molecule has 0 saturated heterocycles. The van der Waals surface area contributed by atoms with Crippen LogP contribution in [0.15, 0.2) is 33.9 Å². The molecule has 0 radical (unpaired) electrons. The van der Waals surface area contributed by atoms with Crippen molar-refractivity contribution in [3.63, 3.8) is 0 Å². The summed E-state index contributed by atoms with van der Waals surface area (Å²) in [6.45, 7) is 2.27. The summed E-state index contributed by atoms with van der Waals surface area (Å²) in [6, 6.07) is 7.80. The molecule has 1 atom stereocenters. The van der Waals surface area contributed by atoms with E-state index in [2.05, 4.69) is 17.2 Å². The number of aromatic nitrogens is 1. The number of aliphatic hydroxyl groups is 1. The lowest BCUT2D eigenvalue weighted by atomic mass is 9.92. The largest absolute Gasteiger partial charge is 0.431 e. The normalized spacial score (nSPS) is 14.6. The summed E-state index contributed by atoms with van der Waals surface area (Å²) in [6.07, 6.45) is 2.88. The Hall–Kier alpha value is -1.04. The summed E-state index contributed by atoms with van der Waals surface area (Å²) in [7, 11) is 1.91. The first-order chi connectivity index (χ1) is 9.73. The molecule has 110 valence electrons. The van der Waals surface area contributed by atoms with Crippen molar-refractivity contribution in [3.8, 4) is 0 Å². The number of aliphatic hydroxyl groups excluding tert-OH is 1. The van der Waals surface area contributed by atoms with Crippen LogP contribution >= 0.6 is 11.8 Å². The molecule has 0 bridgehead atoms. The number of likely N-dealkylation sites (N-methyl/N-ethyl adjacent to an activating group) is 1. The standard InChI is InChI=1S/C15H22N2O2S/c1-3-15(11-18,16-2)9-6-10-20-14-17-12-7-4-5-8-13(12)19-14/h4-5,7-8,16,18H,3,6,9-11H2,1-2H3. The van der Waals surface area contributed by atoms with Crippen LogP contribution in [-0.2, 0) is 0 Å². The van der Waals surface area contributed by atoms with Crippen LogP contribution in [0.2, 0.25) is 0 Å². The van der Waals surface area contributed by atoms with Crippen LogP contribution < -0.4 is 5.32 Å². The third-order valence-electron chi connectivity index (χ3n) is 3.81. The predicted octanol–water partition coefficient (Wildman–Crippen LogP) is 3.06. The van der Waals surface area contributed by atoms with Gasteiger partial charge >= 0.3 is 0 Å². The van der Waals surface area contributed by atoms with Crippen LogP contribution in [-0.4, -0.2) is 35.0 Å². The highest BCUT2D eigenvalue weighted by Gasteiger charge is 2.24. The third kappa shape index (κ3) is 3.53. The molecule has 5 heteroatoms. The van der Waals surface area contributed by atoms with E-state index in [0.717, 1.165) is 41.3 Å². The highest BCUT2D eigenvalue weighted by atomic mass is 32.2. The SMILES string of the molecule is CCC(CO)(CCCSc1nc2ccccc2o1)NC. The Bertz CT molecular complexity index is 496. The van der Waals surface area contributed by atoms with E-state index < -0.39 is 0 Å². The van der Waals surface area contributed by atoms with Gasteiger partial charge in [0.15, 0.2) is 5.58 Å². The van der Waals surface area contributed by atoms with Gasteiger partial charge < -0.3 is 14.8 Å². The molecular formula is C15H22N2O2S. The molecule has 20 heavy (non-hydrogen) atoms. The molecule has 0 amide bonds. The van der Waals surface area contributed by atoms with E-state index >= 15 is 0 Å². The minimum Gasteiger partial charge on any atom is -0.431 e. The monoisotopic (exact) mass is 294 g/mol. The Balaban J connectivity index is 1.84. The van der Waals surface area contributed by atoms with Crippen molar-refractivity contribution in [3.05, 3.63) is 24.3 Å². The van der Waals surface area contributed by atoms with Crippen molar-refractivity contribution in [2.24, 2.45) is 0 Å². The third-order valence-corrected chi connectivity index (χ3v) is 4.72. The molecule has 1 heterocycles. The second kappa shape index (κ2) is 7.11. The molecule has 1 aromatic carbocycles. The average Bonchev–Trinajstić information content (AvgIpc) is 2.91. The quantitative estimate of drug-likeness (QED) is 0.579. The summed E-state index contributed by atoms with van der Waals surface area (Å²) in [5.41, 5.74) is 1.59. The molecule has 4 nitrogen and oxygen atoms in total. The first-order valence-corrected chi connectivity index (χ1v) is 8.00. The van der Waals surface area contributed by atoms with E-state index in [1.165, 1.54) is 0 Å². The maximum atomic E-state index is 9.49. The van der Waals surface area contributed by atoms with Gasteiger partial charge in [-0.2, -0.15) is 0 Å². The van der Waals surface area contributed by atoms with Gasteiger partial charge in [-0.1, -0.05) is 30.8 Å². The van der Waals surface area contributed by atoms with Gasteiger partial charge in [0.05, 0.1) is 6.61 Å². The van der Waals surface area contributed by atoms with Crippen molar-refractivity contribution >= 4 is 22.9 Å². The second-order valence-corrected chi connectivity index (χ2v) is 5.99. The maximum absolute atomic E-state index is 9.49. The maximum Gasteiger partial charge on any atom is 0.256 e. The van der Waals surface area contributed by atoms with Crippen molar-refractivity contribution in [1.82, 2.24) is 10.3 Å². The molecule has 0 aliphatic rings. The Morgan fingerprint density at radius 1 is 1.40 bits per heavy atom. The number of hydrogen-bond acceptors (Lipinski definition) is 5. The fraction of sp³-hybridized carbons (Fsp3) is 0.533. The lowest BCUT2D eigenvalue weighted by Crippen LogP contribution is -2.45. The molecule has 2 aromatic rings. The molecular weight excluding hydrogens is 272 g/mol. The molecule has 0 saturated carbocycles. The van der Waals surface area contributed by atoms with Crippen molar-refractivity contribution in [1.29, 1.82) is 0 Å². The fourth-order valence-corrected chi connectivity index (χ4v) is 3.01. The Morgan fingerprint density at radius 2 is 2.20 bits per heavy atom. The Morgan fingerprint density at radius 3 is 2.85 bits per heavy atom. The summed E-state index contributed by atoms with van der Waals surface area (Å²) in [5, 5.41) is 13.4. The van der Waals surface area contributed by atoms with Gasteiger partial charge in [-0.3, -0.25) is 0 Å². The minimum absolute atomic E-state index is 0.151. The Labute approximate surface area is 124 Å². The second-order valence-electron chi connectivity index (χ2n) is 4.94. The lowest BCUT2D eigenvalue weighted by Gasteiger charge is -2.30. The molecule has 1 unspecified atom stereocenters. The van der Waals surface area contributed by atoms with Crippen LogP contribution in [0.3, 0.4) is 0 Å². The number of benzene rings is 1. The summed E-state index contributed by atoms with van der Waals surface area (Å²) < 4.78 is 5.67. The molecule has 0 spiro atoms. The highest BCUT2D eigenvalue weighted by molar-refractivity contribution is 7.99. The van der Waals surface area contributed by atoms with Crippen LogP contribution in [0.4, 0.5) is 0 Å². The molecule has 0 aliphatic heterocycles. The highest BCUT2D eigenvalue weighted by Crippen LogP contribution is 2.25. The molecule has 2 N–H and O–H groups in total. The topological polar surface area (TPSA) is 58.3 Å². The summed E-state index contributed by atoms with van der Waals surface area (Å²) in [5.74, 6) is 0.941. The van der Waals surface area contributed by atoms with Crippen LogP contribution in [0.1, 0.15) is 26.2 Å². The van der Waals surface area contributed by atoms with Gasteiger partial charge in [0.25, 0.3) is 5.22 Å². The van der Waals surface area contributed by atoms with E-state index in [0.29, 0.717) is 0 Å². The van der Waals surface area contributed by atoms with Crippen LogP contribution in [0.5, 0.6) is 0 Å². The molecule has 0 fully saturated rings. The minimum atomic E-state index is -0.151. The number of fused-ring (bicyclic) bond motifs is 1. The molecule has 2 rings (SSSR count). The number of nitrogens with zero attached hydrogens (tertiary/aromatic N) is 1. The van der Waals surface area contributed by atoms with E-state index in [4.69, 9.17) is 4.42 Å². The van der Waals surface area contributed by atoms with Crippen LogP contribution in [0.25, 0.3) is 11.1 Å². The van der Waals surface area contributed by atoms with E-state index in [9.17, 15) is 5.11 Å². The van der Waals surface area contributed by atoms with Gasteiger partial charge in [0.2, 0.25) is 0 Å². The van der Waals surface area contributed by atoms with Gasteiger partial charge in [-0.05, 0) is 38.4 Å². The number of para-hydroxylation sites is 2. The summed E-state index contributed by atoms with van der Waals surface area (Å²) >= 11 is 1.63. The number of oxazole rings is 1. The summed E-state index contributed by atoms with van der Waals surface area (Å²) in [4.78, 5) is 4.44. The first-order valence-electron chi connectivity index (χ1n) is 7.01. The fourth-order valence-electron chi connectivity index (χ4n) is 2.23. The number of rotatable bonds is 8. The molecule has 1 aromatic heterocycles. The van der Waals surface area contributed by atoms with Gasteiger partial charge in [-0.15, -0.1) is 0 Å². The first kappa shape index (κ1) is 15.4. The van der Waals surface area contributed by atoms with Crippen LogP contribution in [0, 0.1) is 0 Å². The van der Waals surface area contributed by atoms with Crippen molar-refractivity contribution < 1.29 is 9.52 Å². The number of nitrogens with one attached hydrogen (secondary N) is 1. The van der Waals surface area contributed by atoms with Crippen molar-refractivity contribution in [2.45, 2.75) is 36.9 Å². The number of hydrogen-bond donors (Lipinski definition) is 2. The van der Waals surface area contributed by atoms with E-state index in [1.54, 1.807) is 11.8 Å². The zero-order valence-corrected chi connectivity index (χ0v) is 12.9. The van der Waals surface area contributed by atoms with Gasteiger partial charge in [0, 0.05) is 11.3 Å². The van der Waals surface area contributed by atoms with Crippen molar-refractivity contribution in [2.75, 3.05) is 19.4 Å². The molecule has 0 aliphatic carbocycles. The average molecular weight is 294 g/mol. The van der Waals surface area contributed by atoms with E-state index in [-0.39, 0.29) is 12.1 Å². The number of thioether (sulfide) groups is 1. The van der Waals surface area contributed by atoms with E-state index in [1.807, 2.05) is 31.3 Å². The Kier molecular flexibility index (Phi) is 5.46. The smallest absolute Gasteiger partial charge is 0.256 e. The zero-order valence-electron chi connectivity index (χ0n) is 12.1. The zero-order chi connectivity index (χ0) is 14.4. The van der Waals surface area contributed by atoms with Gasteiger partial charge in [0.1, 0.15) is 5.52 Å². The van der Waals surface area contributed by atoms with Gasteiger partial charge in [-0.25, -0.2) is 4.98 Å². The predicted molar refractivity (Wildman–Crippen MR) is 83.1 cm³/mol.